The fraction of sp³-hybridized carbons (Fsp3) is 0.941. The van der Waals surface area contributed by atoms with Crippen molar-refractivity contribution >= 4 is 5.91 Å². The second kappa shape index (κ2) is 6.66. The zero-order chi connectivity index (χ0) is 14.8. The molecule has 0 aromatic heterocycles. The smallest absolute Gasteiger partial charge is 0.236 e. The van der Waals surface area contributed by atoms with Gasteiger partial charge in [0.05, 0.1) is 6.54 Å². The van der Waals surface area contributed by atoms with Crippen molar-refractivity contribution in [3.05, 3.63) is 0 Å². The molecule has 120 valence electrons. The minimum absolute atomic E-state index is 0.355. The summed E-state index contributed by atoms with van der Waals surface area (Å²) < 4.78 is 0. The van der Waals surface area contributed by atoms with Crippen LogP contribution in [0.3, 0.4) is 0 Å². The highest BCUT2D eigenvalue weighted by Crippen LogP contribution is 2.35. The lowest BCUT2D eigenvalue weighted by Gasteiger charge is -2.36. The maximum Gasteiger partial charge on any atom is 0.236 e. The van der Waals surface area contributed by atoms with Crippen LogP contribution in [0.2, 0.25) is 0 Å². The highest BCUT2D eigenvalue weighted by Gasteiger charge is 2.39. The van der Waals surface area contributed by atoms with E-state index in [4.69, 9.17) is 5.73 Å². The molecule has 1 saturated carbocycles. The van der Waals surface area contributed by atoms with Crippen molar-refractivity contribution in [3.63, 3.8) is 0 Å². The van der Waals surface area contributed by atoms with Gasteiger partial charge in [-0.1, -0.05) is 13.3 Å². The third-order valence-electron chi connectivity index (χ3n) is 6.01. The largest absolute Gasteiger partial charge is 0.339 e. The predicted octanol–water partition coefficient (Wildman–Crippen LogP) is 1.84. The maximum absolute atomic E-state index is 12.7. The fourth-order valence-electron chi connectivity index (χ4n) is 4.77. The van der Waals surface area contributed by atoms with Crippen LogP contribution in [-0.4, -0.2) is 54.0 Å². The summed E-state index contributed by atoms with van der Waals surface area (Å²) in [7, 11) is 0. The van der Waals surface area contributed by atoms with Crippen LogP contribution in [0.5, 0.6) is 0 Å². The molecule has 4 atom stereocenters. The molecule has 0 bridgehead atoms. The number of nitrogens with two attached hydrogens (primary N) is 1. The summed E-state index contributed by atoms with van der Waals surface area (Å²) in [6.07, 6.45) is 8.51. The van der Waals surface area contributed by atoms with E-state index in [0.717, 1.165) is 32.0 Å². The molecular formula is C17H31N3O. The molecule has 0 aromatic carbocycles. The zero-order valence-electron chi connectivity index (χ0n) is 13.5. The minimum atomic E-state index is 0.355. The van der Waals surface area contributed by atoms with E-state index >= 15 is 0 Å². The third-order valence-corrected chi connectivity index (χ3v) is 6.01. The second-order valence-corrected chi connectivity index (χ2v) is 7.36. The van der Waals surface area contributed by atoms with Gasteiger partial charge in [0.2, 0.25) is 5.91 Å². The molecule has 1 aliphatic carbocycles. The van der Waals surface area contributed by atoms with Gasteiger partial charge in [0.15, 0.2) is 0 Å². The van der Waals surface area contributed by atoms with Gasteiger partial charge in [-0.05, 0) is 50.4 Å². The summed E-state index contributed by atoms with van der Waals surface area (Å²) in [5, 5.41) is 0. The van der Waals surface area contributed by atoms with E-state index in [0.29, 0.717) is 30.5 Å². The summed E-state index contributed by atoms with van der Waals surface area (Å²) in [4.78, 5) is 17.2. The molecule has 2 heterocycles. The second-order valence-electron chi connectivity index (χ2n) is 7.36. The average Bonchev–Trinajstić information content (AvgIpc) is 2.91. The summed E-state index contributed by atoms with van der Waals surface area (Å²) in [6, 6.07) is 0.848. The lowest BCUT2D eigenvalue weighted by molar-refractivity contribution is -0.136. The monoisotopic (exact) mass is 293 g/mol. The SMILES string of the molecule is CCC1CCCCN1C(=O)CN1CC2CCCC(N)C2C1. The van der Waals surface area contributed by atoms with E-state index < -0.39 is 0 Å². The first-order valence-corrected chi connectivity index (χ1v) is 8.96. The van der Waals surface area contributed by atoms with Crippen LogP contribution in [0.4, 0.5) is 0 Å². The number of hydrogen-bond donors (Lipinski definition) is 1. The lowest BCUT2D eigenvalue weighted by atomic mass is 9.78. The molecule has 4 nitrogen and oxygen atoms in total. The Bertz CT molecular complexity index is 373. The van der Waals surface area contributed by atoms with Crippen LogP contribution in [-0.2, 0) is 4.79 Å². The molecule has 1 amide bonds. The minimum Gasteiger partial charge on any atom is -0.339 e. The molecule has 3 aliphatic rings. The zero-order valence-corrected chi connectivity index (χ0v) is 13.5. The molecule has 2 saturated heterocycles. The van der Waals surface area contributed by atoms with Gasteiger partial charge >= 0.3 is 0 Å². The van der Waals surface area contributed by atoms with E-state index in [1.54, 1.807) is 0 Å². The van der Waals surface area contributed by atoms with Crippen molar-refractivity contribution in [3.8, 4) is 0 Å². The van der Waals surface area contributed by atoms with Crippen molar-refractivity contribution in [2.75, 3.05) is 26.2 Å². The van der Waals surface area contributed by atoms with Gasteiger partial charge < -0.3 is 10.6 Å². The van der Waals surface area contributed by atoms with E-state index in [9.17, 15) is 4.79 Å². The summed E-state index contributed by atoms with van der Waals surface area (Å²) in [5.74, 6) is 1.73. The topological polar surface area (TPSA) is 49.6 Å². The Kier molecular flexibility index (Phi) is 4.85. The first kappa shape index (κ1) is 15.3. The fourth-order valence-corrected chi connectivity index (χ4v) is 4.77. The first-order chi connectivity index (χ1) is 10.2. The number of carbonyl (C=O) groups excluding carboxylic acids is 1. The van der Waals surface area contributed by atoms with Crippen LogP contribution < -0.4 is 5.73 Å². The molecule has 2 aliphatic heterocycles. The molecule has 0 spiro atoms. The van der Waals surface area contributed by atoms with E-state index in [2.05, 4.69) is 16.7 Å². The lowest BCUT2D eigenvalue weighted by Crippen LogP contribution is -2.47. The number of fused-ring (bicyclic) bond motifs is 1. The Labute approximate surface area is 129 Å². The molecule has 21 heavy (non-hydrogen) atoms. The van der Waals surface area contributed by atoms with E-state index in [-0.39, 0.29) is 0 Å². The van der Waals surface area contributed by atoms with Crippen molar-refractivity contribution < 1.29 is 4.79 Å². The number of rotatable bonds is 3. The number of nitrogens with zero attached hydrogens (tertiary/aromatic N) is 2. The summed E-state index contributed by atoms with van der Waals surface area (Å²) in [6.45, 7) is 5.93. The van der Waals surface area contributed by atoms with Crippen molar-refractivity contribution in [2.24, 2.45) is 17.6 Å². The Morgan fingerprint density at radius 1 is 1.14 bits per heavy atom. The van der Waals surface area contributed by atoms with Crippen LogP contribution in [0.1, 0.15) is 51.9 Å². The molecule has 0 radical (unpaired) electrons. The number of amides is 1. The van der Waals surface area contributed by atoms with Gasteiger partial charge in [-0.15, -0.1) is 0 Å². The Hall–Kier alpha value is -0.610. The Balaban J connectivity index is 1.55. The molecule has 3 fully saturated rings. The summed E-state index contributed by atoms with van der Waals surface area (Å²) >= 11 is 0. The Morgan fingerprint density at radius 3 is 2.76 bits per heavy atom. The van der Waals surface area contributed by atoms with Gasteiger partial charge in [0.1, 0.15) is 0 Å². The molecular weight excluding hydrogens is 262 g/mol. The van der Waals surface area contributed by atoms with Crippen molar-refractivity contribution in [2.45, 2.75) is 64.0 Å². The summed E-state index contributed by atoms with van der Waals surface area (Å²) in [5.41, 5.74) is 6.28. The molecule has 3 rings (SSSR count). The highest BCUT2D eigenvalue weighted by molar-refractivity contribution is 5.78. The van der Waals surface area contributed by atoms with Gasteiger partial charge in [-0.3, -0.25) is 9.69 Å². The highest BCUT2D eigenvalue weighted by atomic mass is 16.2. The number of piperidine rings is 1. The van der Waals surface area contributed by atoms with Crippen LogP contribution in [0, 0.1) is 11.8 Å². The molecule has 4 unspecified atom stereocenters. The average molecular weight is 293 g/mol. The molecule has 4 heteroatoms. The maximum atomic E-state index is 12.7. The predicted molar refractivity (Wildman–Crippen MR) is 84.9 cm³/mol. The molecule has 2 N–H and O–H groups in total. The number of carbonyl (C=O) groups is 1. The van der Waals surface area contributed by atoms with Crippen molar-refractivity contribution in [1.29, 1.82) is 0 Å². The first-order valence-electron chi connectivity index (χ1n) is 8.96. The van der Waals surface area contributed by atoms with Crippen LogP contribution in [0.15, 0.2) is 0 Å². The normalized spacial score (nSPS) is 37.5. The standard InChI is InChI=1S/C17H31N3O/c1-2-14-7-3-4-9-20(14)17(21)12-19-10-13-6-5-8-16(18)15(13)11-19/h13-16H,2-12,18H2,1H3. The van der Waals surface area contributed by atoms with Gasteiger partial charge in [0.25, 0.3) is 0 Å². The number of likely N-dealkylation sites (tertiary alicyclic amines) is 2. The third kappa shape index (κ3) is 3.26. The van der Waals surface area contributed by atoms with E-state index in [1.807, 2.05) is 0 Å². The number of hydrogen-bond acceptors (Lipinski definition) is 3. The van der Waals surface area contributed by atoms with Crippen LogP contribution in [0.25, 0.3) is 0 Å². The van der Waals surface area contributed by atoms with Gasteiger partial charge in [-0.2, -0.15) is 0 Å². The van der Waals surface area contributed by atoms with Gasteiger partial charge in [-0.25, -0.2) is 0 Å². The Morgan fingerprint density at radius 2 is 2.00 bits per heavy atom. The quantitative estimate of drug-likeness (QED) is 0.864. The van der Waals surface area contributed by atoms with Crippen molar-refractivity contribution in [1.82, 2.24) is 9.80 Å². The van der Waals surface area contributed by atoms with E-state index in [1.165, 1.54) is 38.5 Å². The molecule has 0 aromatic rings. The van der Waals surface area contributed by atoms with Crippen LogP contribution >= 0.6 is 0 Å². The van der Waals surface area contributed by atoms with Gasteiger partial charge in [0, 0.05) is 31.7 Å².